The highest BCUT2D eigenvalue weighted by molar-refractivity contribution is 5.89. The van der Waals surface area contributed by atoms with E-state index in [1.165, 1.54) is 0 Å². The molecule has 1 unspecified atom stereocenters. The Hall–Kier alpha value is -3.16. The van der Waals surface area contributed by atoms with Gasteiger partial charge in [-0.05, 0) is 24.3 Å². The fourth-order valence-electron chi connectivity index (χ4n) is 3.19. The van der Waals surface area contributed by atoms with Gasteiger partial charge in [-0.1, -0.05) is 6.07 Å². The molecule has 4 heterocycles. The summed E-state index contributed by atoms with van der Waals surface area (Å²) < 4.78 is 7.17. The van der Waals surface area contributed by atoms with Crippen molar-refractivity contribution in [2.45, 2.75) is 19.4 Å². The lowest BCUT2D eigenvalue weighted by atomic mass is 10.1. The summed E-state index contributed by atoms with van der Waals surface area (Å²) in [4.78, 5) is 26.1. The molecule has 8 heteroatoms. The zero-order chi connectivity index (χ0) is 17.9. The van der Waals surface area contributed by atoms with Crippen molar-refractivity contribution in [1.82, 2.24) is 24.8 Å². The van der Waals surface area contributed by atoms with Gasteiger partial charge in [-0.3, -0.25) is 14.0 Å². The number of hydrogen-bond donors (Lipinski definition) is 1. The highest BCUT2D eigenvalue weighted by Gasteiger charge is 2.34. The second-order valence-electron chi connectivity index (χ2n) is 6.34. The largest absolute Gasteiger partial charge is 0.467 e. The highest BCUT2D eigenvalue weighted by atomic mass is 16.3. The molecule has 1 N–H and O–H groups in total. The SMILES string of the molecule is O=C(NCCc1nnc2ccccn12)C1CC(=O)N(Cc2ccco2)C1. The third-order valence-electron chi connectivity index (χ3n) is 4.54. The Morgan fingerprint density at radius 1 is 1.27 bits per heavy atom. The van der Waals surface area contributed by atoms with Crippen LogP contribution in [0.15, 0.2) is 47.2 Å². The van der Waals surface area contributed by atoms with Gasteiger partial charge in [0.05, 0.1) is 18.7 Å². The number of amides is 2. The fourth-order valence-corrected chi connectivity index (χ4v) is 3.19. The first-order valence-corrected chi connectivity index (χ1v) is 8.57. The summed E-state index contributed by atoms with van der Waals surface area (Å²) >= 11 is 0. The molecule has 134 valence electrons. The second-order valence-corrected chi connectivity index (χ2v) is 6.34. The van der Waals surface area contributed by atoms with Crippen LogP contribution in [0.25, 0.3) is 5.65 Å². The van der Waals surface area contributed by atoms with Crippen molar-refractivity contribution in [3.63, 3.8) is 0 Å². The number of pyridine rings is 1. The molecule has 26 heavy (non-hydrogen) atoms. The monoisotopic (exact) mass is 353 g/mol. The minimum atomic E-state index is -0.326. The molecular formula is C18H19N5O3. The molecule has 4 rings (SSSR count). The molecule has 1 atom stereocenters. The third kappa shape index (κ3) is 3.30. The van der Waals surface area contributed by atoms with E-state index in [9.17, 15) is 9.59 Å². The van der Waals surface area contributed by atoms with Gasteiger partial charge in [-0.2, -0.15) is 0 Å². The molecule has 0 spiro atoms. The maximum Gasteiger partial charge on any atom is 0.225 e. The molecule has 1 aliphatic rings. The Labute approximate surface area is 149 Å². The van der Waals surface area contributed by atoms with Crippen LogP contribution in [-0.4, -0.2) is 44.4 Å². The van der Waals surface area contributed by atoms with Crippen LogP contribution in [0, 0.1) is 5.92 Å². The molecule has 0 radical (unpaired) electrons. The molecule has 1 fully saturated rings. The van der Waals surface area contributed by atoms with Crippen molar-refractivity contribution in [1.29, 1.82) is 0 Å². The van der Waals surface area contributed by atoms with E-state index in [1.807, 2.05) is 34.9 Å². The number of rotatable bonds is 6. The van der Waals surface area contributed by atoms with Gasteiger partial charge >= 0.3 is 0 Å². The first-order chi connectivity index (χ1) is 12.7. The summed E-state index contributed by atoms with van der Waals surface area (Å²) in [6.07, 6.45) is 4.29. The van der Waals surface area contributed by atoms with Crippen molar-refractivity contribution in [3.8, 4) is 0 Å². The summed E-state index contributed by atoms with van der Waals surface area (Å²) in [5, 5.41) is 11.1. The van der Waals surface area contributed by atoms with E-state index in [0.29, 0.717) is 26.1 Å². The molecule has 0 bridgehead atoms. The molecule has 1 saturated heterocycles. The summed E-state index contributed by atoms with van der Waals surface area (Å²) in [5.74, 6) is 1.06. The van der Waals surface area contributed by atoms with E-state index in [0.717, 1.165) is 17.2 Å². The zero-order valence-corrected chi connectivity index (χ0v) is 14.2. The van der Waals surface area contributed by atoms with Crippen molar-refractivity contribution < 1.29 is 14.0 Å². The summed E-state index contributed by atoms with van der Waals surface area (Å²) in [5.41, 5.74) is 0.781. The maximum atomic E-state index is 12.4. The molecular weight excluding hydrogens is 334 g/mol. The molecule has 3 aromatic rings. The average molecular weight is 353 g/mol. The third-order valence-corrected chi connectivity index (χ3v) is 4.54. The van der Waals surface area contributed by atoms with Crippen LogP contribution < -0.4 is 5.32 Å². The van der Waals surface area contributed by atoms with Crippen LogP contribution in [0.1, 0.15) is 18.0 Å². The number of carbonyl (C=O) groups is 2. The quantitative estimate of drug-likeness (QED) is 0.714. The number of nitrogens with zero attached hydrogens (tertiary/aromatic N) is 4. The Bertz CT molecular complexity index is 918. The van der Waals surface area contributed by atoms with E-state index in [-0.39, 0.29) is 24.2 Å². The van der Waals surface area contributed by atoms with Crippen molar-refractivity contribution in [3.05, 3.63) is 54.4 Å². The van der Waals surface area contributed by atoms with E-state index >= 15 is 0 Å². The van der Waals surface area contributed by atoms with Crippen LogP contribution in [-0.2, 0) is 22.6 Å². The fraction of sp³-hybridized carbons (Fsp3) is 0.333. The number of furan rings is 1. The van der Waals surface area contributed by atoms with Gasteiger partial charge < -0.3 is 14.6 Å². The molecule has 0 saturated carbocycles. The smallest absolute Gasteiger partial charge is 0.225 e. The van der Waals surface area contributed by atoms with Crippen LogP contribution in [0.2, 0.25) is 0 Å². The average Bonchev–Trinajstić information content (AvgIpc) is 3.37. The second kappa shape index (κ2) is 6.99. The number of nitrogens with one attached hydrogen (secondary N) is 1. The first kappa shape index (κ1) is 16.3. The topological polar surface area (TPSA) is 92.7 Å². The van der Waals surface area contributed by atoms with Gasteiger partial charge in [-0.15, -0.1) is 10.2 Å². The number of fused-ring (bicyclic) bond motifs is 1. The van der Waals surface area contributed by atoms with Crippen molar-refractivity contribution in [2.75, 3.05) is 13.1 Å². The number of likely N-dealkylation sites (tertiary alicyclic amines) is 1. The first-order valence-electron chi connectivity index (χ1n) is 8.57. The number of hydrogen-bond acceptors (Lipinski definition) is 5. The summed E-state index contributed by atoms with van der Waals surface area (Å²) in [7, 11) is 0. The van der Waals surface area contributed by atoms with E-state index in [4.69, 9.17) is 4.42 Å². The van der Waals surface area contributed by atoms with Gasteiger partial charge in [0.15, 0.2) is 5.65 Å². The standard InChI is InChI=1S/C18H19N5O3/c24-17-10-13(11-22(17)12-14-4-3-9-26-14)18(25)19-7-6-16-21-20-15-5-1-2-8-23(15)16/h1-5,8-9,13H,6-7,10-12H2,(H,19,25). The predicted molar refractivity (Wildman–Crippen MR) is 91.9 cm³/mol. The Morgan fingerprint density at radius 3 is 3.04 bits per heavy atom. The van der Waals surface area contributed by atoms with Gasteiger partial charge in [-0.25, -0.2) is 0 Å². The minimum Gasteiger partial charge on any atom is -0.467 e. The molecule has 0 aliphatic carbocycles. The lowest BCUT2D eigenvalue weighted by molar-refractivity contribution is -0.129. The Balaban J connectivity index is 1.29. The van der Waals surface area contributed by atoms with Crippen molar-refractivity contribution >= 4 is 17.5 Å². The van der Waals surface area contributed by atoms with Gasteiger partial charge in [0, 0.05) is 32.1 Å². The summed E-state index contributed by atoms with van der Waals surface area (Å²) in [6, 6.07) is 9.31. The molecule has 8 nitrogen and oxygen atoms in total. The zero-order valence-electron chi connectivity index (χ0n) is 14.2. The lowest BCUT2D eigenvalue weighted by Gasteiger charge is -2.15. The normalized spacial score (nSPS) is 17.2. The van der Waals surface area contributed by atoms with E-state index in [1.54, 1.807) is 17.2 Å². The lowest BCUT2D eigenvalue weighted by Crippen LogP contribution is -2.34. The maximum absolute atomic E-state index is 12.4. The van der Waals surface area contributed by atoms with Gasteiger partial charge in [0.1, 0.15) is 11.6 Å². The van der Waals surface area contributed by atoms with Crippen LogP contribution in [0.5, 0.6) is 0 Å². The van der Waals surface area contributed by atoms with Gasteiger partial charge in [0.25, 0.3) is 0 Å². The van der Waals surface area contributed by atoms with Crippen molar-refractivity contribution in [2.24, 2.45) is 5.92 Å². The molecule has 3 aromatic heterocycles. The Morgan fingerprint density at radius 2 is 2.19 bits per heavy atom. The number of aromatic nitrogens is 3. The molecule has 2 amide bonds. The van der Waals surface area contributed by atoms with Crippen LogP contribution in [0.4, 0.5) is 0 Å². The minimum absolute atomic E-state index is 0.0231. The van der Waals surface area contributed by atoms with Gasteiger partial charge in [0.2, 0.25) is 11.8 Å². The van der Waals surface area contributed by atoms with E-state index in [2.05, 4.69) is 15.5 Å². The molecule has 1 aliphatic heterocycles. The van der Waals surface area contributed by atoms with Crippen LogP contribution in [0.3, 0.4) is 0 Å². The number of carbonyl (C=O) groups excluding carboxylic acids is 2. The predicted octanol–water partition coefficient (Wildman–Crippen LogP) is 1.03. The Kier molecular flexibility index (Phi) is 4.39. The highest BCUT2D eigenvalue weighted by Crippen LogP contribution is 2.20. The summed E-state index contributed by atoms with van der Waals surface area (Å²) in [6.45, 7) is 1.28. The van der Waals surface area contributed by atoms with Crippen LogP contribution >= 0.6 is 0 Å². The molecule has 0 aromatic carbocycles. The van der Waals surface area contributed by atoms with E-state index < -0.39 is 0 Å².